The summed E-state index contributed by atoms with van der Waals surface area (Å²) in [5, 5.41) is 10.6. The molecule has 2 aromatic heterocycles. The van der Waals surface area contributed by atoms with Crippen molar-refractivity contribution in [3.05, 3.63) is 41.7 Å². The van der Waals surface area contributed by atoms with Gasteiger partial charge in [0.05, 0.1) is 23.5 Å². The minimum atomic E-state index is -4.22. The van der Waals surface area contributed by atoms with E-state index in [4.69, 9.17) is 0 Å². The number of benzene rings is 1. The van der Waals surface area contributed by atoms with Crippen molar-refractivity contribution in [2.75, 3.05) is 0 Å². The maximum Gasteiger partial charge on any atom is 0.392 e. The van der Waals surface area contributed by atoms with E-state index in [1.54, 1.807) is 4.57 Å². The predicted octanol–water partition coefficient (Wildman–Crippen LogP) is 2.53. The molecule has 3 heterocycles. The first kappa shape index (κ1) is 18.5. The van der Waals surface area contributed by atoms with E-state index in [0.29, 0.717) is 18.1 Å². The number of H-pyrrole nitrogens is 1. The minimum Gasteiger partial charge on any atom is -0.349 e. The lowest BCUT2D eigenvalue weighted by Gasteiger charge is -2.25. The zero-order valence-electron chi connectivity index (χ0n) is 15.0. The number of aromatic nitrogens is 5. The predicted molar refractivity (Wildman–Crippen MR) is 94.1 cm³/mol. The Morgan fingerprint density at radius 3 is 2.89 bits per heavy atom. The highest BCUT2D eigenvalue weighted by molar-refractivity contribution is 5.77. The lowest BCUT2D eigenvalue weighted by atomic mass is 9.97. The van der Waals surface area contributed by atoms with E-state index in [-0.39, 0.29) is 38.3 Å². The van der Waals surface area contributed by atoms with Gasteiger partial charge in [-0.1, -0.05) is 12.1 Å². The van der Waals surface area contributed by atoms with Crippen molar-refractivity contribution < 1.29 is 18.0 Å². The molecule has 0 saturated heterocycles. The fraction of sp³-hybridized carbons (Fsp3) is 0.444. The maximum absolute atomic E-state index is 12.9. The smallest absolute Gasteiger partial charge is 0.349 e. The van der Waals surface area contributed by atoms with Crippen LogP contribution in [0.5, 0.6) is 0 Å². The number of nitrogens with one attached hydrogen (secondary N) is 2. The molecule has 0 saturated carbocycles. The van der Waals surface area contributed by atoms with Gasteiger partial charge in [-0.3, -0.25) is 4.79 Å². The summed E-state index contributed by atoms with van der Waals surface area (Å²) in [5.41, 5.74) is 1.77. The third kappa shape index (κ3) is 3.85. The maximum atomic E-state index is 12.9. The van der Waals surface area contributed by atoms with Gasteiger partial charge in [0.15, 0.2) is 5.82 Å². The zero-order chi connectivity index (χ0) is 19.7. The number of halogens is 3. The monoisotopic (exact) mass is 392 g/mol. The highest BCUT2D eigenvalue weighted by Gasteiger charge is 2.42. The van der Waals surface area contributed by atoms with Crippen LogP contribution in [-0.4, -0.2) is 36.8 Å². The zero-order valence-corrected chi connectivity index (χ0v) is 15.0. The van der Waals surface area contributed by atoms with Crippen molar-refractivity contribution in [1.29, 1.82) is 0 Å². The van der Waals surface area contributed by atoms with Gasteiger partial charge in [0.2, 0.25) is 5.91 Å². The first-order valence-electron chi connectivity index (χ1n) is 9.08. The topological polar surface area (TPSA) is 88.5 Å². The summed E-state index contributed by atoms with van der Waals surface area (Å²) < 4.78 is 40.3. The Kier molecular flexibility index (Phi) is 4.78. The van der Waals surface area contributed by atoms with E-state index >= 15 is 0 Å². The van der Waals surface area contributed by atoms with E-state index in [1.165, 1.54) is 0 Å². The van der Waals surface area contributed by atoms with E-state index in [0.717, 1.165) is 16.9 Å². The number of para-hydroxylation sites is 2. The van der Waals surface area contributed by atoms with Crippen LogP contribution in [-0.2, 0) is 30.7 Å². The molecule has 1 aliphatic heterocycles. The average Bonchev–Trinajstić information content (AvgIpc) is 3.27. The molecule has 0 spiro atoms. The van der Waals surface area contributed by atoms with Gasteiger partial charge < -0.3 is 14.9 Å². The second-order valence-electron chi connectivity index (χ2n) is 6.89. The Morgan fingerprint density at radius 1 is 1.29 bits per heavy atom. The molecule has 0 aliphatic carbocycles. The molecule has 3 aromatic rings. The third-order valence-corrected chi connectivity index (χ3v) is 4.97. The second kappa shape index (κ2) is 7.25. The van der Waals surface area contributed by atoms with E-state index in [9.17, 15) is 18.0 Å². The number of nitrogens with zero attached hydrogens (tertiary/aromatic N) is 4. The highest BCUT2D eigenvalue weighted by atomic mass is 19.4. The van der Waals surface area contributed by atoms with Gasteiger partial charge >= 0.3 is 6.18 Å². The van der Waals surface area contributed by atoms with Gasteiger partial charge in [0, 0.05) is 25.8 Å². The number of fused-ring (bicyclic) bond motifs is 2. The Morgan fingerprint density at radius 2 is 2.11 bits per heavy atom. The lowest BCUT2D eigenvalue weighted by molar-refractivity contribution is -0.179. The molecular weight excluding hydrogens is 373 g/mol. The van der Waals surface area contributed by atoms with Gasteiger partial charge in [-0.2, -0.15) is 13.2 Å². The summed E-state index contributed by atoms with van der Waals surface area (Å²) in [6.45, 7) is 0.347. The van der Waals surface area contributed by atoms with Crippen LogP contribution < -0.4 is 5.32 Å². The molecule has 28 heavy (non-hydrogen) atoms. The highest BCUT2D eigenvalue weighted by Crippen LogP contribution is 2.34. The number of carbonyl (C=O) groups excluding carboxylic acids is 1. The van der Waals surface area contributed by atoms with Crippen LogP contribution in [0.1, 0.15) is 30.3 Å². The van der Waals surface area contributed by atoms with Crippen molar-refractivity contribution in [3.8, 4) is 0 Å². The average molecular weight is 392 g/mol. The van der Waals surface area contributed by atoms with Crippen molar-refractivity contribution in [1.82, 2.24) is 30.0 Å². The summed E-state index contributed by atoms with van der Waals surface area (Å²) in [4.78, 5) is 19.7. The van der Waals surface area contributed by atoms with Crippen LogP contribution in [0.2, 0.25) is 0 Å². The Bertz CT molecular complexity index is 960. The first-order valence-corrected chi connectivity index (χ1v) is 9.08. The van der Waals surface area contributed by atoms with Crippen LogP contribution in [0.4, 0.5) is 13.2 Å². The molecule has 148 valence electrons. The molecule has 0 radical (unpaired) electrons. The first-order chi connectivity index (χ1) is 13.4. The number of amides is 1. The molecule has 7 nitrogen and oxygen atoms in total. The Labute approximate surface area is 158 Å². The molecule has 1 aliphatic rings. The van der Waals surface area contributed by atoms with Gasteiger partial charge in [-0.25, -0.2) is 4.98 Å². The van der Waals surface area contributed by atoms with Crippen LogP contribution >= 0.6 is 0 Å². The molecule has 1 amide bonds. The Balaban J connectivity index is 1.30. The molecule has 1 atom stereocenters. The van der Waals surface area contributed by atoms with E-state index in [2.05, 4.69) is 25.5 Å². The van der Waals surface area contributed by atoms with Gasteiger partial charge in [0.25, 0.3) is 0 Å². The van der Waals surface area contributed by atoms with Crippen LogP contribution in [0.25, 0.3) is 11.0 Å². The fourth-order valence-electron chi connectivity index (χ4n) is 3.42. The quantitative estimate of drug-likeness (QED) is 0.698. The van der Waals surface area contributed by atoms with Crippen LogP contribution in [0.3, 0.4) is 0 Å². The standard InChI is InChI=1S/C18H19F3N6O/c19-18(20,21)11-7-8-27-15(9-11)25-26-16(27)10-22-17(28)6-5-14-23-12-3-1-2-4-13(12)24-14/h1-4,11H,5-10H2,(H,22,28)(H,23,24). The minimum absolute atomic E-state index is 0.00153. The SMILES string of the molecule is O=C(CCc1nc2ccccc2[nH]1)NCc1nnc2n1CCC(C(F)(F)F)C2. The fourth-order valence-corrected chi connectivity index (χ4v) is 3.42. The number of rotatable bonds is 5. The number of hydrogen-bond donors (Lipinski definition) is 2. The molecule has 0 bridgehead atoms. The third-order valence-electron chi connectivity index (χ3n) is 4.97. The summed E-state index contributed by atoms with van der Waals surface area (Å²) in [6.07, 6.45) is -3.68. The molecule has 1 unspecified atom stereocenters. The van der Waals surface area contributed by atoms with Crippen LogP contribution in [0, 0.1) is 5.92 Å². The van der Waals surface area contributed by atoms with Gasteiger partial charge in [-0.15, -0.1) is 10.2 Å². The molecule has 4 rings (SSSR count). The number of alkyl halides is 3. The number of imidazole rings is 1. The van der Waals surface area contributed by atoms with E-state index in [1.807, 2.05) is 24.3 Å². The van der Waals surface area contributed by atoms with Gasteiger partial charge in [-0.05, 0) is 18.6 Å². The van der Waals surface area contributed by atoms with Crippen molar-refractivity contribution in [2.45, 2.75) is 44.9 Å². The summed E-state index contributed by atoms with van der Waals surface area (Å²) in [6, 6.07) is 7.62. The summed E-state index contributed by atoms with van der Waals surface area (Å²) >= 11 is 0. The van der Waals surface area contributed by atoms with Crippen LogP contribution in [0.15, 0.2) is 24.3 Å². The van der Waals surface area contributed by atoms with Crippen molar-refractivity contribution in [2.24, 2.45) is 5.92 Å². The second-order valence-corrected chi connectivity index (χ2v) is 6.89. The molecule has 0 fully saturated rings. The molecule has 1 aromatic carbocycles. The van der Waals surface area contributed by atoms with Crippen molar-refractivity contribution in [3.63, 3.8) is 0 Å². The van der Waals surface area contributed by atoms with E-state index < -0.39 is 12.1 Å². The molecule has 2 N–H and O–H groups in total. The Hall–Kier alpha value is -2.91. The number of aryl methyl sites for hydroxylation is 1. The summed E-state index contributed by atoms with van der Waals surface area (Å²) in [7, 11) is 0. The normalized spacial score (nSPS) is 16.9. The molecular formula is C18H19F3N6O. The lowest BCUT2D eigenvalue weighted by Crippen LogP contribution is -2.32. The number of hydrogen-bond acceptors (Lipinski definition) is 4. The van der Waals surface area contributed by atoms with Gasteiger partial charge in [0.1, 0.15) is 11.6 Å². The number of aromatic amines is 1. The number of carbonyl (C=O) groups is 1. The summed E-state index contributed by atoms with van der Waals surface area (Å²) in [5.74, 6) is -0.0283. The van der Waals surface area contributed by atoms with Crippen molar-refractivity contribution >= 4 is 16.9 Å². The largest absolute Gasteiger partial charge is 0.392 e. The molecule has 10 heteroatoms.